The molecule has 2 aromatic heterocycles. The molecule has 4 bridgehead atoms. The molecule has 1 fully saturated rings. The van der Waals surface area contributed by atoms with Crippen LogP contribution < -0.4 is 29.9 Å². The summed E-state index contributed by atoms with van der Waals surface area (Å²) in [4.78, 5) is 20.5. The number of ether oxygens (including phenoxy) is 3. The third-order valence-corrected chi connectivity index (χ3v) is 10.6. The summed E-state index contributed by atoms with van der Waals surface area (Å²) < 4.78 is 26.1. The van der Waals surface area contributed by atoms with Crippen LogP contribution in [0.1, 0.15) is 41.6 Å². The van der Waals surface area contributed by atoms with E-state index in [-0.39, 0.29) is 52.9 Å². The number of nitrogens with one attached hydrogen (secondary N) is 2. The lowest BCUT2D eigenvalue weighted by Gasteiger charge is -2.33. The number of fused-ring (bicyclic) bond motifs is 8. The molecule has 0 amide bonds. The van der Waals surface area contributed by atoms with Crippen LogP contribution in [0.5, 0.6) is 23.0 Å². The van der Waals surface area contributed by atoms with Gasteiger partial charge in [-0.15, -0.1) is 0 Å². The van der Waals surface area contributed by atoms with Gasteiger partial charge in [0.05, 0.1) is 37.8 Å². The maximum absolute atomic E-state index is 14.5. The standard InChI is InChI=1S/C47H47N3O7/c1-3-35-27-38-33-12-7-11-31(25-33)26-34(13-16-36-29-50(21-20-48-36)47(38)49-35)41-43-42(39(53)28-40(57-43)32-14-17-37(52)18-15-32)45(55-23-8-22-51)46(54-2)44(41)56-24-19-30-9-5-4-6-10-30/h4-7,9-12,14-15,17-18,25,27-28,34,36,48-49,51-52H,3,8,19-24,26,29H2,1-2H3. The van der Waals surface area contributed by atoms with E-state index >= 15 is 0 Å². The van der Waals surface area contributed by atoms with Gasteiger partial charge in [0.2, 0.25) is 5.75 Å². The van der Waals surface area contributed by atoms with Gasteiger partial charge >= 0.3 is 0 Å². The third-order valence-electron chi connectivity index (χ3n) is 10.6. The molecule has 292 valence electrons. The largest absolute Gasteiger partial charge is 0.508 e. The molecule has 10 nitrogen and oxygen atoms in total. The average Bonchev–Trinajstić information content (AvgIpc) is 3.68. The van der Waals surface area contributed by atoms with Crippen molar-refractivity contribution < 1.29 is 28.8 Å². The SMILES string of the molecule is CCc1cc2c([nH]1)N1CCNC(C#CC(c3c(OCCc4ccccc4)c(OC)c(OCCCO)c4c(=O)cc(-c5ccc(O)cc5)oc34)Cc3cccc-2c3)C1. The molecular weight excluding hydrogens is 719 g/mol. The van der Waals surface area contributed by atoms with Gasteiger partial charge in [0.25, 0.3) is 0 Å². The minimum absolute atomic E-state index is 0.0915. The van der Waals surface area contributed by atoms with Crippen molar-refractivity contribution in [2.45, 2.75) is 44.6 Å². The summed E-state index contributed by atoms with van der Waals surface area (Å²) in [6.07, 6.45) is 2.32. The maximum Gasteiger partial charge on any atom is 0.204 e. The quantitative estimate of drug-likeness (QED) is 0.0753. The number of aromatic hydroxyl groups is 1. The number of aryl methyl sites for hydroxylation is 1. The van der Waals surface area contributed by atoms with Gasteiger partial charge in [-0.1, -0.05) is 73.4 Å². The number of anilines is 1. The number of methoxy groups -OCH3 is 1. The van der Waals surface area contributed by atoms with Crippen LogP contribution in [-0.4, -0.2) is 67.8 Å². The van der Waals surface area contributed by atoms with E-state index in [9.17, 15) is 15.0 Å². The van der Waals surface area contributed by atoms with E-state index in [0.717, 1.165) is 47.6 Å². The molecule has 57 heavy (non-hydrogen) atoms. The van der Waals surface area contributed by atoms with Gasteiger partial charge in [-0.3, -0.25) is 4.79 Å². The first-order valence-corrected chi connectivity index (χ1v) is 19.7. The predicted octanol–water partition coefficient (Wildman–Crippen LogP) is 7.24. The maximum atomic E-state index is 14.5. The summed E-state index contributed by atoms with van der Waals surface area (Å²) in [7, 11) is 1.54. The number of aliphatic hydroxyl groups is 1. The first kappa shape index (κ1) is 37.8. The second-order valence-corrected chi connectivity index (χ2v) is 14.4. The second-order valence-electron chi connectivity index (χ2n) is 14.4. The van der Waals surface area contributed by atoms with E-state index in [1.54, 1.807) is 24.3 Å². The number of aliphatic hydroxyl groups excluding tert-OH is 1. The van der Waals surface area contributed by atoms with Gasteiger partial charge in [0.15, 0.2) is 22.5 Å². The topological polar surface area (TPSA) is 129 Å². The Kier molecular flexibility index (Phi) is 11.2. The number of hydrogen-bond donors (Lipinski definition) is 4. The molecule has 4 heterocycles. The van der Waals surface area contributed by atoms with Crippen molar-refractivity contribution in [2.24, 2.45) is 0 Å². The molecule has 0 aliphatic carbocycles. The number of nitrogens with zero attached hydrogens (tertiary/aromatic N) is 1. The Balaban J connectivity index is 1.37. The highest BCUT2D eigenvalue weighted by Gasteiger charge is 2.32. The Morgan fingerprint density at radius 2 is 1.74 bits per heavy atom. The van der Waals surface area contributed by atoms with Gasteiger partial charge in [0.1, 0.15) is 22.7 Å². The van der Waals surface area contributed by atoms with Crippen LogP contribution in [0.3, 0.4) is 0 Å². The van der Waals surface area contributed by atoms with Crippen LogP contribution in [0.2, 0.25) is 0 Å². The molecule has 10 heteroatoms. The molecule has 6 aromatic rings. The lowest BCUT2D eigenvalue weighted by atomic mass is 9.88. The number of rotatable bonds is 12. The summed E-state index contributed by atoms with van der Waals surface area (Å²) >= 11 is 0. The minimum Gasteiger partial charge on any atom is -0.508 e. The fourth-order valence-electron chi connectivity index (χ4n) is 7.78. The first-order valence-electron chi connectivity index (χ1n) is 19.7. The van der Waals surface area contributed by atoms with Gasteiger partial charge in [-0.25, -0.2) is 0 Å². The molecule has 2 aliphatic heterocycles. The van der Waals surface area contributed by atoms with Crippen molar-refractivity contribution in [1.29, 1.82) is 0 Å². The molecule has 2 unspecified atom stereocenters. The van der Waals surface area contributed by atoms with Crippen molar-refractivity contribution in [3.63, 3.8) is 0 Å². The zero-order valence-electron chi connectivity index (χ0n) is 32.3. The number of hydrogen-bond acceptors (Lipinski definition) is 9. The predicted molar refractivity (Wildman–Crippen MR) is 223 cm³/mol. The number of aromatic nitrogens is 1. The summed E-state index contributed by atoms with van der Waals surface area (Å²) in [6.45, 7) is 4.77. The zero-order valence-corrected chi connectivity index (χ0v) is 32.3. The van der Waals surface area contributed by atoms with Crippen LogP contribution in [0.25, 0.3) is 33.4 Å². The molecular formula is C47H47N3O7. The second kappa shape index (κ2) is 16.9. The van der Waals surface area contributed by atoms with Crippen LogP contribution in [0, 0.1) is 11.8 Å². The van der Waals surface area contributed by atoms with Crippen LogP contribution in [0.4, 0.5) is 5.82 Å². The molecule has 2 atom stereocenters. The highest BCUT2D eigenvalue weighted by molar-refractivity contribution is 5.94. The molecule has 0 saturated carbocycles. The number of aromatic amines is 1. The van der Waals surface area contributed by atoms with Crippen LogP contribution >= 0.6 is 0 Å². The number of phenolic OH excluding ortho intramolecular Hbond substituents is 1. The van der Waals surface area contributed by atoms with Gasteiger partial charge in [-0.2, -0.15) is 0 Å². The number of phenols is 1. The molecule has 0 spiro atoms. The molecule has 8 rings (SSSR count). The molecule has 4 aromatic carbocycles. The van der Waals surface area contributed by atoms with E-state index < -0.39 is 5.92 Å². The lowest BCUT2D eigenvalue weighted by Crippen LogP contribution is -2.50. The molecule has 0 radical (unpaired) electrons. The Bertz CT molecular complexity index is 2480. The minimum atomic E-state index is -0.526. The van der Waals surface area contributed by atoms with E-state index in [1.165, 1.54) is 18.9 Å². The van der Waals surface area contributed by atoms with Gasteiger partial charge in [0, 0.05) is 62.0 Å². The zero-order chi connectivity index (χ0) is 39.3. The number of piperazine rings is 1. The number of H-pyrrole nitrogens is 1. The Hall–Kier alpha value is -6.15. The Morgan fingerprint density at radius 1 is 0.912 bits per heavy atom. The van der Waals surface area contributed by atoms with Crippen molar-refractivity contribution >= 4 is 16.8 Å². The molecule has 1 saturated heterocycles. The van der Waals surface area contributed by atoms with Crippen LogP contribution in [-0.2, 0) is 19.3 Å². The van der Waals surface area contributed by atoms with Crippen molar-refractivity contribution in [2.75, 3.05) is 51.5 Å². The summed E-state index contributed by atoms with van der Waals surface area (Å²) in [6, 6.07) is 28.7. The fourth-order valence-corrected chi connectivity index (χ4v) is 7.78. The monoisotopic (exact) mass is 765 g/mol. The smallest absolute Gasteiger partial charge is 0.204 e. The highest BCUT2D eigenvalue weighted by atomic mass is 16.5. The fraction of sp³-hybridized carbons (Fsp3) is 0.298. The Labute approximate surface area is 332 Å². The van der Waals surface area contributed by atoms with Gasteiger partial charge in [-0.05, 0) is 59.9 Å². The first-order chi connectivity index (χ1) is 27.9. The van der Waals surface area contributed by atoms with E-state index in [0.29, 0.717) is 55.1 Å². The van der Waals surface area contributed by atoms with Gasteiger partial charge < -0.3 is 44.0 Å². The van der Waals surface area contributed by atoms with E-state index in [2.05, 4.69) is 76.4 Å². The summed E-state index contributed by atoms with van der Waals surface area (Å²) in [5.74, 6) is 9.07. The van der Waals surface area contributed by atoms with E-state index in [1.807, 2.05) is 18.2 Å². The summed E-state index contributed by atoms with van der Waals surface area (Å²) in [5, 5.41) is 23.6. The highest BCUT2D eigenvalue weighted by Crippen LogP contribution is 2.50. The summed E-state index contributed by atoms with van der Waals surface area (Å²) in [5.41, 5.74) is 6.73. The molecule has 4 N–H and O–H groups in total. The molecule has 2 aliphatic rings. The van der Waals surface area contributed by atoms with Crippen molar-refractivity contribution in [3.8, 4) is 57.3 Å². The normalized spacial score (nSPS) is 16.2. The van der Waals surface area contributed by atoms with Crippen molar-refractivity contribution in [1.82, 2.24) is 10.3 Å². The van der Waals surface area contributed by atoms with E-state index in [4.69, 9.17) is 18.6 Å². The van der Waals surface area contributed by atoms with Crippen molar-refractivity contribution in [3.05, 3.63) is 124 Å². The third kappa shape index (κ3) is 7.95. The number of benzene rings is 4. The van der Waals surface area contributed by atoms with Crippen LogP contribution in [0.15, 0.2) is 100 Å². The lowest BCUT2D eigenvalue weighted by molar-refractivity contribution is 0.226. The average molecular weight is 766 g/mol. The Morgan fingerprint density at radius 3 is 2.53 bits per heavy atom.